The zero-order chi connectivity index (χ0) is 26.8. The Hall–Kier alpha value is -4.14. The van der Waals surface area contributed by atoms with Crippen molar-refractivity contribution in [3.63, 3.8) is 0 Å². The van der Waals surface area contributed by atoms with Gasteiger partial charge in [0.25, 0.3) is 11.8 Å². The summed E-state index contributed by atoms with van der Waals surface area (Å²) in [5.74, 6) is -0.968. The summed E-state index contributed by atoms with van der Waals surface area (Å²) in [5, 5.41) is 4.55. The Morgan fingerprint density at radius 1 is 0.895 bits per heavy atom. The number of aromatic amines is 2. The summed E-state index contributed by atoms with van der Waals surface area (Å²) in [6, 6.07) is 14.5. The lowest BCUT2D eigenvalue weighted by Crippen LogP contribution is -2.59. The first-order valence-corrected chi connectivity index (χ1v) is 12.9. The molecule has 3 atom stereocenters. The minimum atomic E-state index is -0.728. The van der Waals surface area contributed by atoms with Crippen LogP contribution in [-0.4, -0.2) is 68.7 Å². The number of benzene rings is 2. The number of piperazine rings is 1. The van der Waals surface area contributed by atoms with Gasteiger partial charge in [-0.25, -0.2) is 4.39 Å². The second-order valence-corrected chi connectivity index (χ2v) is 11.4. The summed E-state index contributed by atoms with van der Waals surface area (Å²) in [4.78, 5) is 50.0. The van der Waals surface area contributed by atoms with E-state index in [1.165, 1.54) is 12.1 Å². The SMILES string of the molecule is CC(C)(C)[C@H](NC(=O)c1cc2ccccc2[nH]1)C(=O)N1C[C@@H]2C[C@H]1CN2C(=O)c1cc2cc(F)ccc2[nH]1. The van der Waals surface area contributed by atoms with E-state index in [1.54, 1.807) is 23.1 Å². The molecule has 8 nitrogen and oxygen atoms in total. The van der Waals surface area contributed by atoms with E-state index < -0.39 is 11.5 Å². The van der Waals surface area contributed by atoms with Crippen LogP contribution in [0.4, 0.5) is 4.39 Å². The van der Waals surface area contributed by atoms with Crippen LogP contribution in [0.1, 0.15) is 48.2 Å². The Labute approximate surface area is 219 Å². The molecule has 0 aliphatic carbocycles. The fourth-order valence-electron chi connectivity index (χ4n) is 5.78. The van der Waals surface area contributed by atoms with Gasteiger partial charge in [-0.2, -0.15) is 0 Å². The molecule has 0 spiro atoms. The molecule has 2 saturated heterocycles. The normalized spacial score (nSPS) is 19.9. The number of carbonyl (C=O) groups excluding carboxylic acids is 3. The van der Waals surface area contributed by atoms with Gasteiger partial charge in [0.1, 0.15) is 23.2 Å². The van der Waals surface area contributed by atoms with E-state index in [1.807, 2.05) is 49.9 Å². The number of amides is 3. The van der Waals surface area contributed by atoms with Gasteiger partial charge < -0.3 is 25.1 Å². The molecule has 9 heteroatoms. The predicted octanol–water partition coefficient (Wildman–Crippen LogP) is 4.06. The standard InChI is InChI=1S/C29H30FN5O3/c1-29(2,3)25(33-26(36)23-11-16-6-4-5-7-21(16)31-23)28(38)35-15-19-13-20(35)14-34(19)27(37)24-12-17-10-18(30)8-9-22(17)32-24/h4-12,19-20,25,31-32H,13-15H2,1-3H3,(H,33,36)/t19-,20-,25+/m0/s1. The molecule has 2 fully saturated rings. The van der Waals surface area contributed by atoms with Gasteiger partial charge in [0, 0.05) is 34.9 Å². The fraction of sp³-hybridized carbons (Fsp3) is 0.345. The number of fused-ring (bicyclic) bond motifs is 4. The molecule has 4 heterocycles. The van der Waals surface area contributed by atoms with Crippen LogP contribution >= 0.6 is 0 Å². The number of para-hydroxylation sites is 1. The van der Waals surface area contributed by atoms with Crippen LogP contribution in [-0.2, 0) is 4.79 Å². The zero-order valence-corrected chi connectivity index (χ0v) is 21.5. The lowest BCUT2D eigenvalue weighted by atomic mass is 9.85. The lowest BCUT2D eigenvalue weighted by molar-refractivity contribution is -0.138. The number of carbonyl (C=O) groups is 3. The third-order valence-corrected chi connectivity index (χ3v) is 7.76. The third kappa shape index (κ3) is 4.12. The van der Waals surface area contributed by atoms with Gasteiger partial charge in [0.2, 0.25) is 5.91 Å². The maximum absolute atomic E-state index is 13.8. The zero-order valence-electron chi connectivity index (χ0n) is 21.5. The van der Waals surface area contributed by atoms with E-state index in [9.17, 15) is 18.8 Å². The van der Waals surface area contributed by atoms with E-state index >= 15 is 0 Å². The number of hydrogen-bond donors (Lipinski definition) is 3. The van der Waals surface area contributed by atoms with Gasteiger partial charge in [-0.05, 0) is 48.2 Å². The summed E-state index contributed by atoms with van der Waals surface area (Å²) in [6.07, 6.45) is 0.694. The molecule has 0 saturated carbocycles. The van der Waals surface area contributed by atoms with Crippen molar-refractivity contribution in [2.75, 3.05) is 13.1 Å². The number of likely N-dealkylation sites (tertiary alicyclic amines) is 2. The molecule has 2 aromatic heterocycles. The van der Waals surface area contributed by atoms with Crippen molar-refractivity contribution in [3.05, 3.63) is 71.8 Å². The van der Waals surface area contributed by atoms with Crippen molar-refractivity contribution >= 4 is 39.5 Å². The van der Waals surface area contributed by atoms with Crippen molar-refractivity contribution in [3.8, 4) is 0 Å². The molecule has 3 amide bonds. The van der Waals surface area contributed by atoms with Crippen molar-refractivity contribution in [1.82, 2.24) is 25.1 Å². The van der Waals surface area contributed by atoms with Gasteiger partial charge in [-0.3, -0.25) is 14.4 Å². The Kier molecular flexibility index (Phi) is 5.55. The minimum Gasteiger partial charge on any atom is -0.351 e. The first kappa shape index (κ1) is 24.2. The van der Waals surface area contributed by atoms with Crippen molar-refractivity contribution in [1.29, 1.82) is 0 Å². The number of rotatable bonds is 4. The van der Waals surface area contributed by atoms with Crippen molar-refractivity contribution < 1.29 is 18.8 Å². The average Bonchev–Trinajstić information content (AvgIpc) is 3.66. The van der Waals surface area contributed by atoms with Crippen molar-refractivity contribution in [2.24, 2.45) is 5.41 Å². The highest BCUT2D eigenvalue weighted by Gasteiger charge is 2.50. The topological polar surface area (TPSA) is 101 Å². The van der Waals surface area contributed by atoms with Crippen LogP contribution in [0.5, 0.6) is 0 Å². The molecule has 196 valence electrons. The fourth-order valence-corrected chi connectivity index (χ4v) is 5.78. The highest BCUT2D eigenvalue weighted by Crippen LogP contribution is 2.34. The van der Waals surface area contributed by atoms with Crippen molar-refractivity contribution in [2.45, 2.75) is 45.3 Å². The number of nitrogens with zero attached hydrogens (tertiary/aromatic N) is 2. The Bertz CT molecular complexity index is 1550. The molecule has 6 rings (SSSR count). The van der Waals surface area contributed by atoms with Crippen LogP contribution in [0.3, 0.4) is 0 Å². The number of halogens is 1. The summed E-state index contributed by atoms with van der Waals surface area (Å²) in [6.45, 7) is 6.64. The molecule has 2 bridgehead atoms. The number of nitrogens with one attached hydrogen (secondary N) is 3. The molecular formula is C29H30FN5O3. The molecule has 0 unspecified atom stereocenters. The molecule has 2 aliphatic rings. The summed E-state index contributed by atoms with van der Waals surface area (Å²) in [7, 11) is 0. The molecule has 38 heavy (non-hydrogen) atoms. The van der Waals surface area contributed by atoms with Gasteiger partial charge in [-0.1, -0.05) is 39.0 Å². The predicted molar refractivity (Wildman–Crippen MR) is 142 cm³/mol. The van der Waals surface area contributed by atoms with Crippen LogP contribution < -0.4 is 5.32 Å². The quantitative estimate of drug-likeness (QED) is 0.382. The molecule has 4 aromatic rings. The Balaban J connectivity index is 1.16. The number of H-pyrrole nitrogens is 2. The summed E-state index contributed by atoms with van der Waals surface area (Å²) >= 11 is 0. The van der Waals surface area contributed by atoms with Gasteiger partial charge >= 0.3 is 0 Å². The molecule has 2 aliphatic heterocycles. The highest BCUT2D eigenvalue weighted by atomic mass is 19.1. The Morgan fingerprint density at radius 2 is 1.55 bits per heavy atom. The van der Waals surface area contributed by atoms with E-state index in [2.05, 4.69) is 15.3 Å². The average molecular weight is 516 g/mol. The summed E-state index contributed by atoms with van der Waals surface area (Å²) < 4.78 is 13.6. The van der Waals surface area contributed by atoms with E-state index in [0.717, 1.165) is 10.9 Å². The molecule has 2 aromatic carbocycles. The van der Waals surface area contributed by atoms with Gasteiger partial charge in [-0.15, -0.1) is 0 Å². The monoisotopic (exact) mass is 515 g/mol. The maximum Gasteiger partial charge on any atom is 0.270 e. The van der Waals surface area contributed by atoms with Gasteiger partial charge in [0.15, 0.2) is 0 Å². The molecule has 3 N–H and O–H groups in total. The maximum atomic E-state index is 13.8. The first-order chi connectivity index (χ1) is 18.1. The lowest BCUT2D eigenvalue weighted by Gasteiger charge is -2.39. The minimum absolute atomic E-state index is 0.107. The van der Waals surface area contributed by atoms with E-state index in [-0.39, 0.29) is 35.6 Å². The molecule has 0 radical (unpaired) electrons. The Morgan fingerprint density at radius 3 is 2.26 bits per heavy atom. The second kappa shape index (κ2) is 8.72. The van der Waals surface area contributed by atoms with Gasteiger partial charge in [0.05, 0.1) is 12.1 Å². The van der Waals surface area contributed by atoms with E-state index in [0.29, 0.717) is 41.8 Å². The first-order valence-electron chi connectivity index (χ1n) is 12.9. The highest BCUT2D eigenvalue weighted by molar-refractivity contribution is 6.01. The van der Waals surface area contributed by atoms with Crippen LogP contribution in [0.15, 0.2) is 54.6 Å². The second-order valence-electron chi connectivity index (χ2n) is 11.4. The van der Waals surface area contributed by atoms with E-state index in [4.69, 9.17) is 0 Å². The number of aromatic nitrogens is 2. The molecular weight excluding hydrogens is 485 g/mol. The van der Waals surface area contributed by atoms with Crippen LogP contribution in [0.25, 0.3) is 21.8 Å². The number of hydrogen-bond acceptors (Lipinski definition) is 3. The third-order valence-electron chi connectivity index (χ3n) is 7.76. The largest absolute Gasteiger partial charge is 0.351 e. The smallest absolute Gasteiger partial charge is 0.270 e. The van der Waals surface area contributed by atoms with Crippen LogP contribution in [0.2, 0.25) is 0 Å². The van der Waals surface area contributed by atoms with Crippen LogP contribution in [0, 0.1) is 11.2 Å². The summed E-state index contributed by atoms with van der Waals surface area (Å²) in [5.41, 5.74) is 1.86.